The van der Waals surface area contributed by atoms with Gasteiger partial charge < -0.3 is 12.4 Å². The maximum absolute atomic E-state index is 2.66. The zero-order valence-corrected chi connectivity index (χ0v) is 39.2. The summed E-state index contributed by atoms with van der Waals surface area (Å²) in [4.78, 5) is 0. The van der Waals surface area contributed by atoms with E-state index in [9.17, 15) is 0 Å². The number of rotatable bonds is 46. The molecular formula is C52H103ClN2. The maximum atomic E-state index is 2.66. The summed E-state index contributed by atoms with van der Waals surface area (Å²) in [5, 5.41) is 0. The first-order chi connectivity index (χ1) is 26.8. The first kappa shape index (κ1) is 54.5. The highest BCUT2D eigenvalue weighted by Gasteiger charge is 2.16. The van der Waals surface area contributed by atoms with Crippen molar-refractivity contribution in [1.29, 1.82) is 0 Å². The van der Waals surface area contributed by atoms with Gasteiger partial charge in [0.1, 0.15) is 12.4 Å². The first-order valence-corrected chi connectivity index (χ1v) is 25.9. The highest BCUT2D eigenvalue weighted by Crippen LogP contribution is 2.17. The molecule has 0 aliphatic heterocycles. The summed E-state index contributed by atoms with van der Waals surface area (Å²) in [6.45, 7) is 9.42. The molecule has 0 unspecified atom stereocenters. The number of hydrogen-bond donors (Lipinski definition) is 0. The SMILES string of the molecule is CCCCCCCCCCCCCCCCCc1n(CCCCCCCCCCCCCCCC)cc[n+]1CCCCCCCCCCCCCCCC.[Cl-]. The van der Waals surface area contributed by atoms with Crippen molar-refractivity contribution < 1.29 is 17.0 Å². The zero-order chi connectivity index (χ0) is 38.7. The molecule has 0 bridgehead atoms. The van der Waals surface area contributed by atoms with Crippen molar-refractivity contribution in [3.63, 3.8) is 0 Å². The average Bonchev–Trinajstić information content (AvgIpc) is 3.57. The molecule has 0 atom stereocenters. The maximum Gasteiger partial charge on any atom is 0.256 e. The lowest BCUT2D eigenvalue weighted by atomic mass is 10.0. The minimum absolute atomic E-state index is 0. The van der Waals surface area contributed by atoms with Crippen molar-refractivity contribution in [2.75, 3.05) is 0 Å². The molecule has 55 heavy (non-hydrogen) atoms. The number of nitrogens with zero attached hydrogens (tertiary/aromatic N) is 2. The van der Waals surface area contributed by atoms with E-state index in [1.165, 1.54) is 296 Å². The van der Waals surface area contributed by atoms with Crippen molar-refractivity contribution in [2.45, 2.75) is 316 Å². The van der Waals surface area contributed by atoms with E-state index in [1.807, 2.05) is 0 Å². The number of imidazole rings is 1. The Kier molecular flexibility index (Phi) is 45.8. The van der Waals surface area contributed by atoms with Gasteiger partial charge in [0.25, 0.3) is 5.82 Å². The Morgan fingerprint density at radius 2 is 0.582 bits per heavy atom. The summed E-state index contributed by atoms with van der Waals surface area (Å²) in [7, 11) is 0. The Hall–Kier alpha value is -0.500. The fraction of sp³-hybridized carbons (Fsp3) is 0.942. The van der Waals surface area contributed by atoms with Crippen LogP contribution in [0.15, 0.2) is 12.4 Å². The molecule has 1 heterocycles. The van der Waals surface area contributed by atoms with E-state index in [2.05, 4.69) is 42.3 Å². The monoisotopic (exact) mass is 791 g/mol. The summed E-state index contributed by atoms with van der Waals surface area (Å²) < 4.78 is 5.32. The summed E-state index contributed by atoms with van der Waals surface area (Å²) in [6, 6.07) is 0. The zero-order valence-electron chi connectivity index (χ0n) is 38.5. The Morgan fingerprint density at radius 3 is 0.891 bits per heavy atom. The lowest BCUT2D eigenvalue weighted by Crippen LogP contribution is -3.00. The van der Waals surface area contributed by atoms with Gasteiger partial charge in [-0.3, -0.25) is 0 Å². The fourth-order valence-corrected chi connectivity index (χ4v) is 8.80. The average molecular weight is 792 g/mol. The minimum atomic E-state index is 0. The Balaban J connectivity index is 0.0000292. The predicted octanol–water partition coefficient (Wildman–Crippen LogP) is 15.2. The molecular weight excluding hydrogens is 688 g/mol. The third-order valence-corrected chi connectivity index (χ3v) is 12.6. The van der Waals surface area contributed by atoms with Gasteiger partial charge in [0.2, 0.25) is 0 Å². The number of aromatic nitrogens is 2. The van der Waals surface area contributed by atoms with Gasteiger partial charge in [-0.1, -0.05) is 265 Å². The second-order valence-corrected chi connectivity index (χ2v) is 18.0. The van der Waals surface area contributed by atoms with Crippen LogP contribution in [0.3, 0.4) is 0 Å². The smallest absolute Gasteiger partial charge is 0.256 e. The van der Waals surface area contributed by atoms with E-state index in [0.29, 0.717) is 0 Å². The van der Waals surface area contributed by atoms with Crippen molar-refractivity contribution in [3.8, 4) is 0 Å². The van der Waals surface area contributed by atoms with Crippen molar-refractivity contribution >= 4 is 0 Å². The highest BCUT2D eigenvalue weighted by molar-refractivity contribution is 4.84. The van der Waals surface area contributed by atoms with Gasteiger partial charge in [-0.25, -0.2) is 9.13 Å². The molecule has 328 valence electrons. The van der Waals surface area contributed by atoms with Gasteiger partial charge in [0, 0.05) is 6.42 Å². The van der Waals surface area contributed by atoms with E-state index in [-0.39, 0.29) is 12.4 Å². The van der Waals surface area contributed by atoms with Crippen molar-refractivity contribution in [1.82, 2.24) is 4.57 Å². The highest BCUT2D eigenvalue weighted by atomic mass is 35.5. The second-order valence-electron chi connectivity index (χ2n) is 18.0. The van der Waals surface area contributed by atoms with Gasteiger partial charge in [-0.15, -0.1) is 0 Å². The normalized spacial score (nSPS) is 11.5. The van der Waals surface area contributed by atoms with E-state index in [4.69, 9.17) is 0 Å². The van der Waals surface area contributed by atoms with Crippen LogP contribution in [0.4, 0.5) is 0 Å². The van der Waals surface area contributed by atoms with Crippen molar-refractivity contribution in [3.05, 3.63) is 18.2 Å². The topological polar surface area (TPSA) is 8.81 Å². The van der Waals surface area contributed by atoms with Crippen LogP contribution < -0.4 is 17.0 Å². The van der Waals surface area contributed by atoms with Gasteiger partial charge >= 0.3 is 0 Å². The quantitative estimate of drug-likeness (QED) is 0.0459. The molecule has 3 heteroatoms. The van der Waals surface area contributed by atoms with Gasteiger partial charge in [-0.05, 0) is 32.1 Å². The summed E-state index contributed by atoms with van der Waals surface area (Å²) in [6.07, 6.45) is 68.3. The third-order valence-electron chi connectivity index (χ3n) is 12.6. The van der Waals surface area contributed by atoms with Crippen LogP contribution >= 0.6 is 0 Å². The third kappa shape index (κ3) is 37.5. The molecule has 0 aliphatic carbocycles. The molecule has 1 rings (SSSR count). The van der Waals surface area contributed by atoms with E-state index in [1.54, 1.807) is 5.82 Å². The summed E-state index contributed by atoms with van der Waals surface area (Å²) in [5.74, 6) is 1.63. The van der Waals surface area contributed by atoms with Crippen LogP contribution in [0.5, 0.6) is 0 Å². The molecule has 0 radical (unpaired) electrons. The van der Waals surface area contributed by atoms with E-state index in [0.717, 1.165) is 0 Å². The van der Waals surface area contributed by atoms with Crippen LogP contribution in [0, 0.1) is 0 Å². The summed E-state index contributed by atoms with van der Waals surface area (Å²) in [5.41, 5.74) is 0. The van der Waals surface area contributed by atoms with Gasteiger partial charge in [0.15, 0.2) is 0 Å². The molecule has 0 saturated carbocycles. The Bertz CT molecular complexity index is 784. The van der Waals surface area contributed by atoms with Crippen molar-refractivity contribution in [2.24, 2.45) is 0 Å². The molecule has 0 fully saturated rings. The molecule has 0 amide bonds. The molecule has 0 spiro atoms. The number of halogens is 1. The molecule has 2 nitrogen and oxygen atoms in total. The predicted molar refractivity (Wildman–Crippen MR) is 244 cm³/mol. The van der Waals surface area contributed by atoms with Crippen LogP contribution in [-0.2, 0) is 19.5 Å². The fourth-order valence-electron chi connectivity index (χ4n) is 8.80. The molecule has 1 aromatic heterocycles. The van der Waals surface area contributed by atoms with Crippen LogP contribution in [0.1, 0.15) is 303 Å². The lowest BCUT2D eigenvalue weighted by molar-refractivity contribution is -0.704. The molecule has 0 N–H and O–H groups in total. The molecule has 0 aromatic carbocycles. The molecule has 0 saturated heterocycles. The standard InChI is InChI=1S/C52H103N2.ClH/c1-4-7-10-13-16-19-22-25-28-29-32-35-38-41-44-47-52-53(48-45-42-39-36-33-30-26-23-20-17-14-11-8-5-2)50-51-54(52)49-46-43-40-37-34-31-27-24-21-18-15-12-9-6-3;/h50-51H,4-49H2,1-3H3;1H/q+1;/p-1. The summed E-state index contributed by atoms with van der Waals surface area (Å²) >= 11 is 0. The Morgan fingerprint density at radius 1 is 0.327 bits per heavy atom. The lowest BCUT2D eigenvalue weighted by Gasteiger charge is -2.07. The van der Waals surface area contributed by atoms with E-state index >= 15 is 0 Å². The largest absolute Gasteiger partial charge is 1.00 e. The Labute approximate surface area is 354 Å². The number of aryl methyl sites for hydroxylation is 2. The van der Waals surface area contributed by atoms with Crippen LogP contribution in [0.2, 0.25) is 0 Å². The van der Waals surface area contributed by atoms with E-state index < -0.39 is 0 Å². The number of unbranched alkanes of at least 4 members (excludes halogenated alkanes) is 40. The van der Waals surface area contributed by atoms with Crippen LogP contribution in [-0.4, -0.2) is 4.57 Å². The minimum Gasteiger partial charge on any atom is -1.00 e. The number of hydrogen-bond acceptors (Lipinski definition) is 0. The second kappa shape index (κ2) is 46.2. The van der Waals surface area contributed by atoms with Gasteiger partial charge in [0.05, 0.1) is 13.1 Å². The molecule has 0 aliphatic rings. The van der Waals surface area contributed by atoms with Crippen LogP contribution in [0.25, 0.3) is 0 Å². The molecule has 1 aromatic rings. The van der Waals surface area contributed by atoms with Gasteiger partial charge in [-0.2, -0.15) is 0 Å². The first-order valence-electron chi connectivity index (χ1n) is 25.9.